The number of rotatable bonds is 5. The van der Waals surface area contributed by atoms with Gasteiger partial charge in [0.1, 0.15) is 23.1 Å². The molecule has 0 amide bonds. The number of allylic oxidation sites excluding steroid dienone is 1. The lowest BCUT2D eigenvalue weighted by atomic mass is 9.99. The van der Waals surface area contributed by atoms with Crippen LogP contribution in [-0.2, 0) is 23.3 Å². The summed E-state index contributed by atoms with van der Waals surface area (Å²) in [4.78, 5) is 9.12. The molecule has 2 aliphatic heterocycles. The molecule has 33 heavy (non-hydrogen) atoms. The summed E-state index contributed by atoms with van der Waals surface area (Å²) in [7, 11) is 0.789. The van der Waals surface area contributed by atoms with E-state index in [1.54, 1.807) is 26.2 Å². The molecular weight excluding hydrogens is 448 g/mol. The molecule has 2 aliphatic rings. The standard InChI is InChI=1S/C24H23F2N3O3S/c1-14-28-20-11-21(31-2)17(15-6-8-33(30)9-7-15)10-18(20)23(29-14)27-12-16-4-3-5-19-22(16)32-13-24(19,25)26/h3-6,10-11H,7-9,12-13H2,1-2H3,(H,27,28,29). The molecule has 0 fully saturated rings. The Morgan fingerprint density at radius 3 is 2.88 bits per heavy atom. The fraction of sp³-hybridized carbons (Fsp3) is 0.333. The Morgan fingerprint density at radius 1 is 1.27 bits per heavy atom. The van der Waals surface area contributed by atoms with Crippen molar-refractivity contribution in [3.05, 3.63) is 58.9 Å². The van der Waals surface area contributed by atoms with Crippen LogP contribution >= 0.6 is 0 Å². The first-order valence-corrected chi connectivity index (χ1v) is 12.1. The molecule has 1 aromatic heterocycles. The molecule has 2 aromatic carbocycles. The van der Waals surface area contributed by atoms with Crippen molar-refractivity contribution in [2.75, 3.05) is 30.5 Å². The zero-order chi connectivity index (χ0) is 23.2. The predicted octanol–water partition coefficient (Wildman–Crippen LogP) is 4.58. The Labute approximate surface area is 192 Å². The first-order valence-electron chi connectivity index (χ1n) is 10.6. The summed E-state index contributed by atoms with van der Waals surface area (Å²) in [5.41, 5.74) is 3.27. The van der Waals surface area contributed by atoms with E-state index in [1.165, 1.54) is 6.07 Å². The van der Waals surface area contributed by atoms with Gasteiger partial charge < -0.3 is 14.8 Å². The number of hydrogen-bond acceptors (Lipinski definition) is 6. The minimum Gasteiger partial charge on any atom is -0.496 e. The van der Waals surface area contributed by atoms with Gasteiger partial charge in [-0.25, -0.2) is 9.97 Å². The first kappa shape index (κ1) is 21.8. The second-order valence-corrected chi connectivity index (χ2v) is 9.74. The van der Waals surface area contributed by atoms with Gasteiger partial charge in [-0.05, 0) is 31.1 Å². The third-order valence-corrected chi connectivity index (χ3v) is 7.12. The van der Waals surface area contributed by atoms with E-state index >= 15 is 0 Å². The van der Waals surface area contributed by atoms with Gasteiger partial charge in [-0.2, -0.15) is 8.78 Å². The van der Waals surface area contributed by atoms with Crippen LogP contribution in [-0.4, -0.2) is 39.4 Å². The van der Waals surface area contributed by atoms with Gasteiger partial charge in [0.15, 0.2) is 6.61 Å². The monoisotopic (exact) mass is 471 g/mol. The first-order chi connectivity index (χ1) is 15.9. The molecule has 0 saturated carbocycles. The van der Waals surface area contributed by atoms with Crippen LogP contribution in [0.4, 0.5) is 14.6 Å². The maximum Gasteiger partial charge on any atom is 0.310 e. The summed E-state index contributed by atoms with van der Waals surface area (Å²) in [6, 6.07) is 8.64. The van der Waals surface area contributed by atoms with Crippen molar-refractivity contribution in [2.45, 2.75) is 25.8 Å². The van der Waals surface area contributed by atoms with E-state index in [9.17, 15) is 13.0 Å². The van der Waals surface area contributed by atoms with E-state index in [-0.39, 0.29) is 17.9 Å². The zero-order valence-corrected chi connectivity index (χ0v) is 19.1. The highest BCUT2D eigenvalue weighted by Gasteiger charge is 2.42. The Hall–Kier alpha value is -3.07. The number of benzene rings is 2. The van der Waals surface area contributed by atoms with Crippen LogP contribution in [0.1, 0.15) is 28.9 Å². The number of anilines is 1. The van der Waals surface area contributed by atoms with Gasteiger partial charge in [0.2, 0.25) is 0 Å². The highest BCUT2D eigenvalue weighted by atomic mass is 32.2. The highest BCUT2D eigenvalue weighted by Crippen LogP contribution is 2.43. The Kier molecular flexibility index (Phi) is 5.52. The predicted molar refractivity (Wildman–Crippen MR) is 124 cm³/mol. The maximum absolute atomic E-state index is 14.1. The van der Waals surface area contributed by atoms with Gasteiger partial charge in [0, 0.05) is 51.4 Å². The molecule has 0 spiro atoms. The maximum atomic E-state index is 14.1. The average molecular weight is 472 g/mol. The molecule has 6 nitrogen and oxygen atoms in total. The number of methoxy groups -OCH3 is 1. The zero-order valence-electron chi connectivity index (χ0n) is 18.3. The van der Waals surface area contributed by atoms with Crippen LogP contribution < -0.4 is 14.8 Å². The molecule has 3 heterocycles. The molecule has 1 atom stereocenters. The van der Waals surface area contributed by atoms with E-state index in [2.05, 4.69) is 15.3 Å². The van der Waals surface area contributed by atoms with Crippen LogP contribution in [0.25, 0.3) is 16.5 Å². The van der Waals surface area contributed by atoms with Crippen molar-refractivity contribution in [1.82, 2.24) is 9.97 Å². The molecule has 1 N–H and O–H groups in total. The smallest absolute Gasteiger partial charge is 0.310 e. The van der Waals surface area contributed by atoms with Gasteiger partial charge in [-0.3, -0.25) is 4.21 Å². The van der Waals surface area contributed by atoms with E-state index < -0.39 is 23.3 Å². The molecule has 172 valence electrons. The summed E-state index contributed by atoms with van der Waals surface area (Å²) in [5.74, 6) is 0.265. The van der Waals surface area contributed by atoms with E-state index in [4.69, 9.17) is 9.47 Å². The number of nitrogens with one attached hydrogen (secondary N) is 1. The summed E-state index contributed by atoms with van der Waals surface area (Å²) < 4.78 is 50.8. The van der Waals surface area contributed by atoms with Crippen LogP contribution in [0.3, 0.4) is 0 Å². The second-order valence-electron chi connectivity index (χ2n) is 8.12. The summed E-state index contributed by atoms with van der Waals surface area (Å²) in [6.07, 6.45) is 2.70. The number of aromatic nitrogens is 2. The molecule has 3 aromatic rings. The fourth-order valence-electron chi connectivity index (χ4n) is 4.28. The molecule has 5 rings (SSSR count). The third kappa shape index (κ3) is 4.06. The second kappa shape index (κ2) is 8.37. The molecule has 1 unspecified atom stereocenters. The van der Waals surface area contributed by atoms with Gasteiger partial charge in [-0.1, -0.05) is 18.2 Å². The van der Waals surface area contributed by atoms with Gasteiger partial charge in [-0.15, -0.1) is 0 Å². The fourth-order valence-corrected chi connectivity index (χ4v) is 5.28. The number of nitrogens with zero attached hydrogens (tertiary/aromatic N) is 2. The van der Waals surface area contributed by atoms with Crippen molar-refractivity contribution in [1.29, 1.82) is 0 Å². The lowest BCUT2D eigenvalue weighted by Crippen LogP contribution is -2.14. The van der Waals surface area contributed by atoms with Gasteiger partial charge in [0.25, 0.3) is 0 Å². The molecule has 0 bridgehead atoms. The van der Waals surface area contributed by atoms with Crippen molar-refractivity contribution in [3.8, 4) is 11.5 Å². The van der Waals surface area contributed by atoms with Gasteiger partial charge in [0.05, 0.1) is 18.2 Å². The van der Waals surface area contributed by atoms with Crippen LogP contribution in [0.5, 0.6) is 11.5 Å². The number of hydrogen-bond donors (Lipinski definition) is 1. The molecule has 0 radical (unpaired) electrons. The quantitative estimate of drug-likeness (QED) is 0.587. The molecule has 9 heteroatoms. The summed E-state index contributed by atoms with van der Waals surface area (Å²) in [6.45, 7) is 1.43. The largest absolute Gasteiger partial charge is 0.496 e. The van der Waals surface area contributed by atoms with Crippen LogP contribution in [0.2, 0.25) is 0 Å². The molecule has 0 saturated heterocycles. The molecular formula is C24H23F2N3O3S. The summed E-state index contributed by atoms with van der Waals surface area (Å²) >= 11 is 0. The lowest BCUT2D eigenvalue weighted by molar-refractivity contribution is -0.0214. The summed E-state index contributed by atoms with van der Waals surface area (Å²) in [5, 5.41) is 4.09. The third-order valence-electron chi connectivity index (χ3n) is 5.92. The van der Waals surface area contributed by atoms with E-state index in [0.29, 0.717) is 46.4 Å². The highest BCUT2D eigenvalue weighted by molar-refractivity contribution is 7.85. The average Bonchev–Trinajstić information content (AvgIpc) is 3.12. The van der Waals surface area contributed by atoms with Crippen molar-refractivity contribution in [2.24, 2.45) is 0 Å². The van der Waals surface area contributed by atoms with Crippen LogP contribution in [0.15, 0.2) is 36.4 Å². The van der Waals surface area contributed by atoms with E-state index in [1.807, 2.05) is 18.2 Å². The number of ether oxygens (including phenoxy) is 2. The normalized spacial score (nSPS) is 19.0. The Bertz CT molecular complexity index is 1310. The number of halogens is 2. The van der Waals surface area contributed by atoms with Crippen LogP contribution in [0, 0.1) is 6.92 Å². The van der Waals surface area contributed by atoms with Crippen molar-refractivity contribution >= 4 is 33.1 Å². The SMILES string of the molecule is COc1cc2nc(C)nc(NCc3cccc4c3OCC4(F)F)c2cc1C1=CCS(=O)CC1. The lowest BCUT2D eigenvalue weighted by Gasteiger charge is -2.18. The van der Waals surface area contributed by atoms with Crippen molar-refractivity contribution < 1.29 is 22.5 Å². The van der Waals surface area contributed by atoms with Crippen molar-refractivity contribution in [3.63, 3.8) is 0 Å². The Morgan fingerprint density at radius 2 is 2.12 bits per heavy atom. The topological polar surface area (TPSA) is 73.3 Å². The minimum absolute atomic E-state index is 0.0841. The number of fused-ring (bicyclic) bond motifs is 2. The minimum atomic E-state index is -2.98. The number of alkyl halides is 2. The van der Waals surface area contributed by atoms with E-state index in [0.717, 1.165) is 16.5 Å². The van der Waals surface area contributed by atoms with Gasteiger partial charge >= 0.3 is 5.92 Å². The Balaban J connectivity index is 1.53. The molecule has 0 aliphatic carbocycles. The number of aryl methyl sites for hydroxylation is 1. The number of para-hydroxylation sites is 1.